The van der Waals surface area contributed by atoms with Crippen molar-refractivity contribution in [3.63, 3.8) is 0 Å². The van der Waals surface area contributed by atoms with E-state index in [1.807, 2.05) is 0 Å². The summed E-state index contributed by atoms with van der Waals surface area (Å²) in [6.45, 7) is 3.67. The average Bonchev–Trinajstić information content (AvgIpc) is 2.61. The number of pyridine rings is 1. The van der Waals surface area contributed by atoms with Crippen LogP contribution in [0, 0.1) is 6.92 Å². The third-order valence-electron chi connectivity index (χ3n) is 3.58. The Hall–Kier alpha value is -3.48. The number of hydrogen-bond donors (Lipinski definition) is 0. The molecule has 0 unspecified atom stereocenters. The molecule has 0 atom stereocenters. The maximum Gasteiger partial charge on any atom is 0.362 e. The van der Waals surface area contributed by atoms with Crippen LogP contribution in [-0.2, 0) is 4.74 Å². The Morgan fingerprint density at radius 2 is 1.81 bits per heavy atom. The van der Waals surface area contributed by atoms with E-state index in [1.54, 1.807) is 26.0 Å². The van der Waals surface area contributed by atoms with Gasteiger partial charge in [-0.15, -0.1) is 0 Å². The van der Waals surface area contributed by atoms with Crippen molar-refractivity contribution in [2.75, 3.05) is 6.61 Å². The van der Waals surface area contributed by atoms with Gasteiger partial charge in [-0.05, 0) is 43.7 Å². The Kier molecular flexibility index (Phi) is 4.79. The first-order valence-corrected chi connectivity index (χ1v) is 7.89. The van der Waals surface area contributed by atoms with Gasteiger partial charge in [0, 0.05) is 17.5 Å². The summed E-state index contributed by atoms with van der Waals surface area (Å²) in [5, 5.41) is 0.742. The molecule has 0 spiro atoms. The number of carbonyl (C=O) groups excluding carboxylic acids is 2. The predicted octanol–water partition coefficient (Wildman–Crippen LogP) is 2.89. The lowest BCUT2D eigenvalue weighted by Gasteiger charge is -2.07. The minimum Gasteiger partial charge on any atom is -0.461 e. The first kappa shape index (κ1) is 17.3. The van der Waals surface area contributed by atoms with Crippen molar-refractivity contribution in [2.24, 2.45) is 0 Å². The number of hydrogen-bond acceptors (Lipinski definition) is 7. The summed E-state index contributed by atoms with van der Waals surface area (Å²) in [7, 11) is 0. The molecule has 0 aliphatic carbocycles. The van der Waals surface area contributed by atoms with Gasteiger partial charge in [0.2, 0.25) is 0 Å². The molecular weight excluding hydrogens is 338 g/mol. The van der Waals surface area contributed by atoms with Crippen molar-refractivity contribution < 1.29 is 23.5 Å². The maximum atomic E-state index is 12.3. The topological polar surface area (TPSA) is 95.7 Å². The summed E-state index contributed by atoms with van der Waals surface area (Å²) < 4.78 is 15.2. The minimum absolute atomic E-state index is 0.0152. The van der Waals surface area contributed by atoms with Crippen molar-refractivity contribution in [1.82, 2.24) is 4.98 Å². The van der Waals surface area contributed by atoms with Crippen LogP contribution in [0.2, 0.25) is 0 Å². The second-order valence-electron chi connectivity index (χ2n) is 5.42. The van der Waals surface area contributed by atoms with Gasteiger partial charge in [0.25, 0.3) is 0 Å². The highest BCUT2D eigenvalue weighted by atomic mass is 16.5. The van der Waals surface area contributed by atoms with E-state index in [4.69, 9.17) is 13.9 Å². The Morgan fingerprint density at radius 3 is 2.54 bits per heavy atom. The highest BCUT2D eigenvalue weighted by Crippen LogP contribution is 2.22. The molecule has 0 bridgehead atoms. The lowest BCUT2D eigenvalue weighted by molar-refractivity contribution is 0.0519. The van der Waals surface area contributed by atoms with Crippen LogP contribution >= 0.6 is 0 Å². The van der Waals surface area contributed by atoms with Crippen LogP contribution in [0.1, 0.15) is 33.5 Å². The van der Waals surface area contributed by atoms with Gasteiger partial charge >= 0.3 is 17.6 Å². The number of aryl methyl sites for hydroxylation is 1. The zero-order chi connectivity index (χ0) is 18.7. The first-order valence-electron chi connectivity index (χ1n) is 7.89. The summed E-state index contributed by atoms with van der Waals surface area (Å²) in [6.07, 6.45) is 0. The molecule has 132 valence electrons. The zero-order valence-corrected chi connectivity index (χ0v) is 14.1. The molecule has 0 N–H and O–H groups in total. The summed E-state index contributed by atoms with van der Waals surface area (Å²) in [5.41, 5.74) is 0.566. The van der Waals surface area contributed by atoms with Gasteiger partial charge in [0.1, 0.15) is 22.7 Å². The minimum atomic E-state index is -0.745. The number of aromatic nitrogens is 1. The Bertz CT molecular complexity index is 1050. The lowest BCUT2D eigenvalue weighted by Crippen LogP contribution is -2.14. The number of fused-ring (bicyclic) bond motifs is 1. The van der Waals surface area contributed by atoms with Crippen molar-refractivity contribution in [1.29, 1.82) is 0 Å². The van der Waals surface area contributed by atoms with E-state index >= 15 is 0 Å². The van der Waals surface area contributed by atoms with Crippen LogP contribution in [0.15, 0.2) is 51.7 Å². The number of carbonyl (C=O) groups is 2. The van der Waals surface area contributed by atoms with Crippen LogP contribution in [0.25, 0.3) is 11.0 Å². The molecular formula is C19H15NO6. The van der Waals surface area contributed by atoms with Gasteiger partial charge in [-0.3, -0.25) is 0 Å². The third-order valence-corrected chi connectivity index (χ3v) is 3.58. The number of nitrogens with zero attached hydrogens (tertiary/aromatic N) is 1. The quantitative estimate of drug-likeness (QED) is 0.404. The molecule has 0 saturated carbocycles. The molecule has 0 fully saturated rings. The van der Waals surface area contributed by atoms with Gasteiger partial charge in [0.15, 0.2) is 0 Å². The summed E-state index contributed by atoms with van der Waals surface area (Å²) in [6, 6.07) is 10.5. The fourth-order valence-corrected chi connectivity index (χ4v) is 2.40. The van der Waals surface area contributed by atoms with Gasteiger partial charge in [-0.25, -0.2) is 19.4 Å². The van der Waals surface area contributed by atoms with E-state index in [9.17, 15) is 14.4 Å². The van der Waals surface area contributed by atoms with Crippen molar-refractivity contribution in [3.8, 4) is 5.75 Å². The molecule has 2 aromatic heterocycles. The number of esters is 2. The molecule has 0 saturated heterocycles. The largest absolute Gasteiger partial charge is 0.461 e. The summed E-state index contributed by atoms with van der Waals surface area (Å²) in [5.74, 6) is -1.17. The highest BCUT2D eigenvalue weighted by Gasteiger charge is 2.15. The molecule has 3 aromatic rings. The predicted molar refractivity (Wildman–Crippen MR) is 92.4 cm³/mol. The summed E-state index contributed by atoms with van der Waals surface area (Å²) in [4.78, 5) is 39.4. The molecule has 0 amide bonds. The molecule has 2 heterocycles. The van der Waals surface area contributed by atoms with E-state index in [0.717, 1.165) is 10.9 Å². The van der Waals surface area contributed by atoms with Gasteiger partial charge in [-0.2, -0.15) is 0 Å². The van der Waals surface area contributed by atoms with Crippen LogP contribution in [0.5, 0.6) is 5.75 Å². The standard InChI is InChI=1S/C19H15NO6/c1-3-24-18(22)14-5-4-6-15(20-14)19(23)25-12-7-8-13-11(2)9-17(21)26-16(13)10-12/h4-10H,3H2,1-2H3. The fourth-order valence-electron chi connectivity index (χ4n) is 2.40. The molecule has 1 aromatic carbocycles. The SMILES string of the molecule is CCOC(=O)c1cccc(C(=O)Oc2ccc3c(C)cc(=O)oc3c2)n1. The molecule has 7 nitrogen and oxygen atoms in total. The molecule has 0 radical (unpaired) electrons. The molecule has 3 rings (SSSR count). The van der Waals surface area contributed by atoms with Gasteiger partial charge in [-0.1, -0.05) is 6.07 Å². The van der Waals surface area contributed by atoms with Crippen molar-refractivity contribution >= 4 is 22.9 Å². The smallest absolute Gasteiger partial charge is 0.362 e. The second-order valence-corrected chi connectivity index (χ2v) is 5.42. The normalized spacial score (nSPS) is 10.5. The molecule has 0 aliphatic rings. The van der Waals surface area contributed by atoms with Gasteiger partial charge < -0.3 is 13.9 Å². The highest BCUT2D eigenvalue weighted by molar-refractivity contribution is 5.93. The molecule has 0 aliphatic heterocycles. The summed E-state index contributed by atoms with van der Waals surface area (Å²) >= 11 is 0. The van der Waals surface area contributed by atoms with E-state index in [0.29, 0.717) is 5.58 Å². The van der Waals surface area contributed by atoms with Crippen LogP contribution in [0.3, 0.4) is 0 Å². The fraction of sp³-hybridized carbons (Fsp3) is 0.158. The van der Waals surface area contributed by atoms with E-state index < -0.39 is 17.6 Å². The Labute approximate surface area is 148 Å². The first-order chi connectivity index (χ1) is 12.5. The molecule has 26 heavy (non-hydrogen) atoms. The zero-order valence-electron chi connectivity index (χ0n) is 14.1. The number of rotatable bonds is 4. The lowest BCUT2D eigenvalue weighted by atomic mass is 10.1. The van der Waals surface area contributed by atoms with Crippen LogP contribution < -0.4 is 10.4 Å². The van der Waals surface area contributed by atoms with Crippen LogP contribution in [0.4, 0.5) is 0 Å². The van der Waals surface area contributed by atoms with Crippen molar-refractivity contribution in [2.45, 2.75) is 13.8 Å². The van der Waals surface area contributed by atoms with E-state index in [2.05, 4.69) is 4.98 Å². The monoisotopic (exact) mass is 353 g/mol. The third kappa shape index (κ3) is 3.61. The van der Waals surface area contributed by atoms with E-state index in [1.165, 1.54) is 30.3 Å². The van der Waals surface area contributed by atoms with Gasteiger partial charge in [0.05, 0.1) is 6.61 Å². The number of ether oxygens (including phenoxy) is 2. The Morgan fingerprint density at radius 1 is 1.08 bits per heavy atom. The molecule has 7 heteroatoms. The number of benzene rings is 1. The van der Waals surface area contributed by atoms with E-state index in [-0.39, 0.29) is 23.7 Å². The van der Waals surface area contributed by atoms with Crippen LogP contribution in [-0.4, -0.2) is 23.5 Å². The van der Waals surface area contributed by atoms with Crippen molar-refractivity contribution in [3.05, 3.63) is 69.8 Å². The maximum absolute atomic E-state index is 12.3. The average molecular weight is 353 g/mol. The Balaban J connectivity index is 1.86. The second kappa shape index (κ2) is 7.18.